The van der Waals surface area contributed by atoms with Gasteiger partial charge in [-0.25, -0.2) is 9.59 Å². The van der Waals surface area contributed by atoms with Gasteiger partial charge in [-0.05, 0) is 43.3 Å². The van der Waals surface area contributed by atoms with E-state index in [0.717, 1.165) is 5.56 Å². The van der Waals surface area contributed by atoms with Crippen molar-refractivity contribution in [2.45, 2.75) is 17.9 Å². The molecular weight excluding hydrogens is 432 g/mol. The fraction of sp³-hybridized carbons (Fsp3) is 0.167. The molecule has 8 heteroatoms. The third kappa shape index (κ3) is 6.50. The van der Waals surface area contributed by atoms with Crippen molar-refractivity contribution < 1.29 is 34.4 Å². The van der Waals surface area contributed by atoms with Crippen LogP contribution in [-0.4, -0.2) is 39.6 Å². The van der Waals surface area contributed by atoms with Gasteiger partial charge < -0.3 is 9.47 Å². The van der Waals surface area contributed by atoms with Crippen molar-refractivity contribution >= 4 is 22.1 Å². The number of esters is 2. The number of ether oxygens (including phenoxy) is 2. The van der Waals surface area contributed by atoms with E-state index < -0.39 is 41.3 Å². The van der Waals surface area contributed by atoms with Crippen molar-refractivity contribution in [3.63, 3.8) is 0 Å². The zero-order chi connectivity index (χ0) is 24.8. The lowest BCUT2D eigenvalue weighted by atomic mass is 10.2. The summed E-state index contributed by atoms with van der Waals surface area (Å²) in [5.41, 5.74) is 1.08. The molecule has 0 bridgehead atoms. The summed E-state index contributed by atoms with van der Waals surface area (Å²) < 4.78 is 57.0. The van der Waals surface area contributed by atoms with Crippen LogP contribution in [0.15, 0.2) is 89.8 Å². The number of carbonyl (C=O) groups excluding carboxylic acids is 2. The van der Waals surface area contributed by atoms with Crippen LogP contribution < -0.4 is 0 Å². The topological polar surface area (TPSA) is 96.0 Å². The van der Waals surface area contributed by atoms with E-state index in [1.807, 2.05) is 0 Å². The van der Waals surface area contributed by atoms with Gasteiger partial charge in [-0.15, -0.1) is 0 Å². The summed E-state index contributed by atoms with van der Waals surface area (Å²) in [5.74, 6) is -1.75. The molecule has 0 aliphatic rings. The van der Waals surface area contributed by atoms with Crippen LogP contribution >= 0.6 is 0 Å². The highest BCUT2D eigenvalue weighted by atomic mass is 32.2. The SMILES string of the molecule is [2H]C([2H])(OS(=O)(=O)c1ccc(C)cc1)[C@H](COC(=O)c1ccccc1)OC(=O)c1ccccc1. The second-order valence-corrected chi connectivity index (χ2v) is 8.24. The van der Waals surface area contributed by atoms with Crippen LogP contribution in [-0.2, 0) is 23.8 Å². The van der Waals surface area contributed by atoms with Crippen molar-refractivity contribution in [1.29, 1.82) is 0 Å². The van der Waals surface area contributed by atoms with Crippen LogP contribution in [0.2, 0.25) is 0 Å². The fourth-order valence-corrected chi connectivity index (χ4v) is 3.34. The highest BCUT2D eigenvalue weighted by Gasteiger charge is 2.23. The lowest BCUT2D eigenvalue weighted by molar-refractivity contribution is -0.0128. The largest absolute Gasteiger partial charge is 0.458 e. The molecule has 0 aliphatic carbocycles. The first-order chi connectivity index (χ1) is 16.1. The fourth-order valence-electron chi connectivity index (χ4n) is 2.54. The summed E-state index contributed by atoms with van der Waals surface area (Å²) in [7, 11) is -4.58. The normalized spacial score (nSPS) is 13.4. The summed E-state index contributed by atoms with van der Waals surface area (Å²) in [6.45, 7) is -2.09. The Morgan fingerprint density at radius 2 is 1.38 bits per heavy atom. The first kappa shape index (κ1) is 20.4. The number of benzene rings is 3. The first-order valence-corrected chi connectivity index (χ1v) is 11.0. The van der Waals surface area contributed by atoms with E-state index in [1.54, 1.807) is 43.3 Å². The summed E-state index contributed by atoms with van der Waals surface area (Å²) in [6.07, 6.45) is -1.90. The molecule has 3 rings (SSSR count). The average Bonchev–Trinajstić information content (AvgIpc) is 2.82. The minimum Gasteiger partial charge on any atom is -0.458 e. The molecule has 1 atom stereocenters. The van der Waals surface area contributed by atoms with E-state index in [1.165, 1.54) is 48.5 Å². The van der Waals surface area contributed by atoms with E-state index in [-0.39, 0.29) is 16.0 Å². The Hall–Kier alpha value is -3.49. The second kappa shape index (κ2) is 10.7. The molecule has 0 fully saturated rings. The highest BCUT2D eigenvalue weighted by molar-refractivity contribution is 7.86. The van der Waals surface area contributed by atoms with E-state index in [2.05, 4.69) is 0 Å². The Balaban J connectivity index is 1.83. The van der Waals surface area contributed by atoms with E-state index in [9.17, 15) is 18.0 Å². The maximum Gasteiger partial charge on any atom is 0.338 e. The van der Waals surface area contributed by atoms with Gasteiger partial charge in [0.1, 0.15) is 13.2 Å². The number of aryl methyl sites for hydroxylation is 1. The van der Waals surface area contributed by atoms with Crippen LogP contribution in [0.1, 0.15) is 29.0 Å². The zero-order valence-corrected chi connectivity index (χ0v) is 17.9. The summed E-state index contributed by atoms with van der Waals surface area (Å²) >= 11 is 0. The lowest BCUT2D eigenvalue weighted by Crippen LogP contribution is -2.31. The molecule has 0 N–H and O–H groups in total. The Morgan fingerprint density at radius 3 is 1.94 bits per heavy atom. The first-order valence-electron chi connectivity index (χ1n) is 10.6. The molecule has 0 radical (unpaired) electrons. The predicted octanol–water partition coefficient (Wildman–Crippen LogP) is 3.78. The van der Waals surface area contributed by atoms with Gasteiger partial charge >= 0.3 is 11.9 Å². The third-order valence-electron chi connectivity index (χ3n) is 4.23. The molecule has 0 heterocycles. The molecule has 3 aromatic carbocycles. The molecule has 32 heavy (non-hydrogen) atoms. The molecule has 7 nitrogen and oxygen atoms in total. The van der Waals surface area contributed by atoms with Crippen molar-refractivity contribution in [3.8, 4) is 0 Å². The van der Waals surface area contributed by atoms with Crippen LogP contribution in [0.5, 0.6) is 0 Å². The average molecular weight is 457 g/mol. The Morgan fingerprint density at radius 1 is 0.844 bits per heavy atom. The minimum absolute atomic E-state index is 0.0964. The maximum absolute atomic E-state index is 12.7. The van der Waals surface area contributed by atoms with Gasteiger partial charge in [0.15, 0.2) is 6.10 Å². The van der Waals surface area contributed by atoms with Crippen molar-refractivity contribution in [1.82, 2.24) is 0 Å². The number of hydrogen-bond donors (Lipinski definition) is 0. The van der Waals surface area contributed by atoms with E-state index in [0.29, 0.717) is 0 Å². The second-order valence-electron chi connectivity index (χ2n) is 6.69. The van der Waals surface area contributed by atoms with E-state index >= 15 is 0 Å². The zero-order valence-electron chi connectivity index (χ0n) is 19.1. The molecular formula is C24H22O7S. The van der Waals surface area contributed by atoms with E-state index in [4.69, 9.17) is 16.4 Å². The lowest BCUT2D eigenvalue weighted by Gasteiger charge is -2.18. The standard InChI is InChI=1S/C24H22O7S/c1-18-12-14-22(15-13-18)32(27,28)30-17-21(31-24(26)20-10-6-3-7-11-20)16-29-23(25)19-8-4-2-5-9-19/h2-15,21H,16-17H2,1H3/t21-/m0/s1/i17D2. The number of rotatable bonds is 9. The van der Waals surface area contributed by atoms with Gasteiger partial charge in [-0.1, -0.05) is 54.1 Å². The van der Waals surface area contributed by atoms with Gasteiger partial charge in [-0.2, -0.15) is 8.42 Å². The molecule has 0 saturated carbocycles. The van der Waals surface area contributed by atoms with Gasteiger partial charge in [0.05, 0.1) is 18.8 Å². The number of hydrogen-bond acceptors (Lipinski definition) is 7. The van der Waals surface area contributed by atoms with Crippen LogP contribution in [0.4, 0.5) is 0 Å². The van der Waals surface area contributed by atoms with Gasteiger partial charge in [0, 0.05) is 0 Å². The Labute approximate surface area is 189 Å². The van der Waals surface area contributed by atoms with Crippen LogP contribution in [0.25, 0.3) is 0 Å². The Bertz CT molecular complexity index is 1230. The monoisotopic (exact) mass is 456 g/mol. The molecule has 0 aromatic heterocycles. The molecule has 0 amide bonds. The van der Waals surface area contributed by atoms with Crippen LogP contribution in [0, 0.1) is 6.92 Å². The third-order valence-corrected chi connectivity index (χ3v) is 5.40. The van der Waals surface area contributed by atoms with Crippen molar-refractivity contribution in [2.24, 2.45) is 0 Å². The number of carbonyl (C=O) groups is 2. The predicted molar refractivity (Wildman–Crippen MR) is 117 cm³/mol. The summed E-state index contributed by atoms with van der Waals surface area (Å²) in [4.78, 5) is 24.6. The molecule has 0 saturated heterocycles. The van der Waals surface area contributed by atoms with Gasteiger partial charge in [-0.3, -0.25) is 4.18 Å². The van der Waals surface area contributed by atoms with Crippen molar-refractivity contribution in [2.75, 3.05) is 13.2 Å². The summed E-state index contributed by atoms with van der Waals surface area (Å²) in [6, 6.07) is 21.2. The van der Waals surface area contributed by atoms with Gasteiger partial charge in [0.25, 0.3) is 10.1 Å². The maximum atomic E-state index is 12.7. The Kier molecular flexibility index (Phi) is 6.83. The quantitative estimate of drug-likeness (QED) is 0.357. The molecule has 3 aromatic rings. The summed E-state index contributed by atoms with van der Waals surface area (Å²) in [5, 5.41) is 0. The molecule has 0 aliphatic heterocycles. The van der Waals surface area contributed by atoms with Crippen molar-refractivity contribution in [3.05, 3.63) is 102 Å². The van der Waals surface area contributed by atoms with Gasteiger partial charge in [0.2, 0.25) is 0 Å². The molecule has 166 valence electrons. The highest BCUT2D eigenvalue weighted by Crippen LogP contribution is 2.15. The smallest absolute Gasteiger partial charge is 0.338 e. The van der Waals surface area contributed by atoms with Crippen LogP contribution in [0.3, 0.4) is 0 Å². The molecule has 0 unspecified atom stereocenters. The minimum atomic E-state index is -4.58. The molecule has 0 spiro atoms.